The van der Waals surface area contributed by atoms with Crippen LogP contribution in [-0.4, -0.2) is 12.6 Å². The number of nitrogens with one attached hydrogen (secondary N) is 1. The van der Waals surface area contributed by atoms with Crippen molar-refractivity contribution in [2.45, 2.75) is 26.3 Å². The number of terminal acetylenes is 1. The van der Waals surface area contributed by atoms with Crippen molar-refractivity contribution in [2.75, 3.05) is 6.54 Å². The molecular weight excluding hydrogens is 122 g/mol. The van der Waals surface area contributed by atoms with E-state index in [4.69, 9.17) is 6.42 Å². The molecular formula is C9H15N. The molecule has 1 N–H and O–H groups in total. The van der Waals surface area contributed by atoms with Gasteiger partial charge in [-0.15, -0.1) is 6.42 Å². The van der Waals surface area contributed by atoms with Crippen molar-refractivity contribution < 1.29 is 0 Å². The Bertz CT molecular complexity index is 145. The first-order valence-electron chi connectivity index (χ1n) is 3.99. The summed E-state index contributed by atoms with van der Waals surface area (Å²) in [6, 6.07) is 0.333. The van der Waals surface area contributed by atoms with E-state index in [1.807, 2.05) is 0 Å². The van der Waals surface area contributed by atoms with Crippen LogP contribution in [0.2, 0.25) is 0 Å². The van der Waals surface area contributed by atoms with Gasteiger partial charge in [0.2, 0.25) is 0 Å². The van der Waals surface area contributed by atoms with Gasteiger partial charge in [0, 0.05) is 0 Å². The van der Waals surface area contributed by atoms with Crippen LogP contribution in [0.4, 0.5) is 0 Å². The summed E-state index contributed by atoms with van der Waals surface area (Å²) in [5.74, 6) is 4.39. The first kappa shape index (κ1) is 7.63. The molecule has 1 rings (SSSR count). The van der Waals surface area contributed by atoms with Gasteiger partial charge < -0.3 is 5.32 Å². The van der Waals surface area contributed by atoms with Crippen molar-refractivity contribution in [3.8, 4) is 12.3 Å². The Labute approximate surface area is 63.2 Å². The monoisotopic (exact) mass is 137 g/mol. The summed E-state index contributed by atoms with van der Waals surface area (Å²) in [5, 5.41) is 3.29. The molecule has 0 aromatic carbocycles. The summed E-state index contributed by atoms with van der Waals surface area (Å²) >= 11 is 0. The second-order valence-corrected chi connectivity index (χ2v) is 3.08. The minimum Gasteiger partial charge on any atom is -0.304 e. The van der Waals surface area contributed by atoms with Crippen molar-refractivity contribution in [3.05, 3.63) is 0 Å². The average molecular weight is 137 g/mol. The highest BCUT2D eigenvalue weighted by atomic mass is 14.9. The van der Waals surface area contributed by atoms with Crippen molar-refractivity contribution in [3.63, 3.8) is 0 Å². The average Bonchev–Trinajstić information content (AvgIpc) is 2.62. The van der Waals surface area contributed by atoms with Gasteiger partial charge in [-0.05, 0) is 24.8 Å². The Morgan fingerprint density at radius 3 is 2.70 bits per heavy atom. The fourth-order valence-corrected chi connectivity index (χ4v) is 1.37. The van der Waals surface area contributed by atoms with E-state index in [9.17, 15) is 0 Å². The van der Waals surface area contributed by atoms with Gasteiger partial charge in [-0.3, -0.25) is 0 Å². The molecule has 0 amide bonds. The zero-order valence-electron chi connectivity index (χ0n) is 6.72. The molecule has 0 saturated heterocycles. The molecule has 0 bridgehead atoms. The van der Waals surface area contributed by atoms with Gasteiger partial charge in [-0.1, -0.05) is 19.8 Å². The molecule has 1 saturated carbocycles. The molecule has 1 aliphatic rings. The largest absolute Gasteiger partial charge is 0.304 e. The maximum atomic E-state index is 5.35. The first-order chi connectivity index (χ1) is 4.79. The minimum atomic E-state index is 0.333. The molecule has 56 valence electrons. The second kappa shape index (κ2) is 3.07. The highest BCUT2D eigenvalue weighted by Gasteiger charge is 2.38. The van der Waals surface area contributed by atoms with Crippen LogP contribution in [0.5, 0.6) is 0 Å². The van der Waals surface area contributed by atoms with Crippen molar-refractivity contribution in [1.29, 1.82) is 0 Å². The Kier molecular flexibility index (Phi) is 2.34. The number of hydrogen-bond acceptors (Lipinski definition) is 1. The van der Waals surface area contributed by atoms with Crippen LogP contribution in [0.25, 0.3) is 0 Å². The second-order valence-electron chi connectivity index (χ2n) is 3.08. The molecule has 3 atom stereocenters. The van der Waals surface area contributed by atoms with E-state index in [0.29, 0.717) is 6.04 Å². The highest BCUT2D eigenvalue weighted by Crippen LogP contribution is 2.40. The van der Waals surface area contributed by atoms with Crippen LogP contribution in [0.15, 0.2) is 0 Å². The van der Waals surface area contributed by atoms with E-state index in [2.05, 4.69) is 25.1 Å². The third-order valence-electron chi connectivity index (χ3n) is 2.20. The zero-order chi connectivity index (χ0) is 7.56. The van der Waals surface area contributed by atoms with Gasteiger partial charge in [0.25, 0.3) is 0 Å². The molecule has 0 heterocycles. The standard InChI is InChI=1S/C9H15N/c1-4-9(10-5-2)8-6-7(8)3/h1,7-10H,5-6H2,2-3H3. The lowest BCUT2D eigenvalue weighted by molar-refractivity contribution is 0.548. The summed E-state index contributed by atoms with van der Waals surface area (Å²) in [7, 11) is 0. The fourth-order valence-electron chi connectivity index (χ4n) is 1.37. The summed E-state index contributed by atoms with van der Waals surface area (Å²) < 4.78 is 0. The van der Waals surface area contributed by atoms with Crippen LogP contribution < -0.4 is 5.32 Å². The SMILES string of the molecule is C#CC(NCC)C1CC1C. The smallest absolute Gasteiger partial charge is 0.0718 e. The third kappa shape index (κ3) is 1.52. The normalized spacial score (nSPS) is 32.9. The molecule has 0 aromatic rings. The van der Waals surface area contributed by atoms with Gasteiger partial charge in [0.15, 0.2) is 0 Å². The molecule has 0 aromatic heterocycles. The molecule has 1 aliphatic carbocycles. The van der Waals surface area contributed by atoms with Crippen LogP contribution >= 0.6 is 0 Å². The molecule has 0 spiro atoms. The lowest BCUT2D eigenvalue weighted by Gasteiger charge is -2.09. The lowest BCUT2D eigenvalue weighted by Crippen LogP contribution is -2.29. The quantitative estimate of drug-likeness (QED) is 0.577. The summed E-state index contributed by atoms with van der Waals surface area (Å²) in [6.45, 7) is 5.34. The maximum Gasteiger partial charge on any atom is 0.0718 e. The summed E-state index contributed by atoms with van der Waals surface area (Å²) in [4.78, 5) is 0. The van der Waals surface area contributed by atoms with Crippen LogP contribution in [-0.2, 0) is 0 Å². The predicted molar refractivity (Wildman–Crippen MR) is 43.6 cm³/mol. The van der Waals surface area contributed by atoms with Gasteiger partial charge in [-0.25, -0.2) is 0 Å². The molecule has 0 aliphatic heterocycles. The first-order valence-corrected chi connectivity index (χ1v) is 3.99. The predicted octanol–water partition coefficient (Wildman–Crippen LogP) is 1.25. The molecule has 1 fully saturated rings. The Morgan fingerprint density at radius 1 is 1.80 bits per heavy atom. The van der Waals surface area contributed by atoms with E-state index >= 15 is 0 Å². The maximum absolute atomic E-state index is 5.35. The third-order valence-corrected chi connectivity index (χ3v) is 2.20. The Hall–Kier alpha value is -0.480. The number of rotatable bonds is 3. The molecule has 1 heteroatoms. The Balaban J connectivity index is 2.29. The minimum absolute atomic E-state index is 0.333. The van der Waals surface area contributed by atoms with Gasteiger partial charge in [0.05, 0.1) is 6.04 Å². The Morgan fingerprint density at radius 2 is 2.40 bits per heavy atom. The van der Waals surface area contributed by atoms with Crippen LogP contribution in [0.3, 0.4) is 0 Å². The molecule has 3 unspecified atom stereocenters. The van der Waals surface area contributed by atoms with E-state index in [1.165, 1.54) is 6.42 Å². The van der Waals surface area contributed by atoms with Gasteiger partial charge >= 0.3 is 0 Å². The van der Waals surface area contributed by atoms with E-state index in [1.54, 1.807) is 0 Å². The topological polar surface area (TPSA) is 12.0 Å². The highest BCUT2D eigenvalue weighted by molar-refractivity contribution is 5.08. The van der Waals surface area contributed by atoms with E-state index < -0.39 is 0 Å². The molecule has 10 heavy (non-hydrogen) atoms. The number of hydrogen-bond donors (Lipinski definition) is 1. The van der Waals surface area contributed by atoms with E-state index in [0.717, 1.165) is 18.4 Å². The summed E-state index contributed by atoms with van der Waals surface area (Å²) in [5.41, 5.74) is 0. The molecule has 0 radical (unpaired) electrons. The fraction of sp³-hybridized carbons (Fsp3) is 0.778. The summed E-state index contributed by atoms with van der Waals surface area (Å²) in [6.07, 6.45) is 6.66. The van der Waals surface area contributed by atoms with Gasteiger partial charge in [-0.2, -0.15) is 0 Å². The van der Waals surface area contributed by atoms with E-state index in [-0.39, 0.29) is 0 Å². The molecule has 1 nitrogen and oxygen atoms in total. The lowest BCUT2D eigenvalue weighted by atomic mass is 10.1. The van der Waals surface area contributed by atoms with Crippen molar-refractivity contribution in [1.82, 2.24) is 5.32 Å². The van der Waals surface area contributed by atoms with Crippen LogP contribution in [0, 0.1) is 24.2 Å². The van der Waals surface area contributed by atoms with Gasteiger partial charge in [0.1, 0.15) is 0 Å². The zero-order valence-corrected chi connectivity index (χ0v) is 6.72. The van der Waals surface area contributed by atoms with Crippen molar-refractivity contribution in [2.24, 2.45) is 11.8 Å². The van der Waals surface area contributed by atoms with Crippen LogP contribution in [0.1, 0.15) is 20.3 Å². The van der Waals surface area contributed by atoms with Crippen molar-refractivity contribution >= 4 is 0 Å².